The Labute approximate surface area is 121 Å². The number of carboxylic acids is 1. The summed E-state index contributed by atoms with van der Waals surface area (Å²) in [6, 6.07) is 3.55. The molecule has 0 aliphatic carbocycles. The topological polar surface area (TPSA) is 117 Å². The highest BCUT2D eigenvalue weighted by Crippen LogP contribution is 2.23. The predicted molar refractivity (Wildman–Crippen MR) is 75.7 cm³/mol. The minimum Gasteiger partial charge on any atom is -0.496 e. The van der Waals surface area contributed by atoms with Gasteiger partial charge in [0.2, 0.25) is 5.91 Å². The third kappa shape index (κ3) is 5.01. The van der Waals surface area contributed by atoms with Crippen LogP contribution in [0.5, 0.6) is 5.75 Å². The number of likely N-dealkylation sites (N-methyl/N-ethyl adjacent to an activating group) is 1. The summed E-state index contributed by atoms with van der Waals surface area (Å²) in [5.74, 6) is -1.30. The lowest BCUT2D eigenvalue weighted by Gasteiger charge is -2.10. The SMILES string of the molecule is CCNC(=O)CNC(=O)Nc1ccc(C(=O)O)c(OC)c1. The van der Waals surface area contributed by atoms with Crippen LogP contribution in [0.25, 0.3) is 0 Å². The highest BCUT2D eigenvalue weighted by Gasteiger charge is 2.12. The number of anilines is 1. The van der Waals surface area contributed by atoms with E-state index in [4.69, 9.17) is 9.84 Å². The second kappa shape index (κ2) is 7.73. The molecule has 3 amide bonds. The van der Waals surface area contributed by atoms with Crippen LogP contribution in [-0.4, -0.2) is 43.2 Å². The van der Waals surface area contributed by atoms with Gasteiger partial charge in [0.1, 0.15) is 11.3 Å². The maximum Gasteiger partial charge on any atom is 0.339 e. The lowest BCUT2D eigenvalue weighted by atomic mass is 10.2. The summed E-state index contributed by atoms with van der Waals surface area (Å²) in [7, 11) is 1.33. The van der Waals surface area contributed by atoms with Crippen molar-refractivity contribution in [2.24, 2.45) is 0 Å². The fourth-order valence-corrected chi connectivity index (χ4v) is 1.54. The van der Waals surface area contributed by atoms with Crippen molar-refractivity contribution in [3.63, 3.8) is 0 Å². The monoisotopic (exact) mass is 295 g/mol. The summed E-state index contributed by atoms with van der Waals surface area (Å²) in [4.78, 5) is 33.7. The van der Waals surface area contributed by atoms with Crippen LogP contribution in [0.15, 0.2) is 18.2 Å². The van der Waals surface area contributed by atoms with E-state index in [0.717, 1.165) is 0 Å². The quantitative estimate of drug-likeness (QED) is 0.615. The summed E-state index contributed by atoms with van der Waals surface area (Å²) < 4.78 is 4.94. The molecule has 8 heteroatoms. The summed E-state index contributed by atoms with van der Waals surface area (Å²) in [5.41, 5.74) is 0.344. The number of amides is 3. The molecule has 0 saturated heterocycles. The average molecular weight is 295 g/mol. The molecule has 0 saturated carbocycles. The van der Waals surface area contributed by atoms with E-state index in [1.54, 1.807) is 6.92 Å². The molecule has 1 rings (SSSR count). The van der Waals surface area contributed by atoms with E-state index in [-0.39, 0.29) is 23.8 Å². The first-order chi connectivity index (χ1) is 9.97. The van der Waals surface area contributed by atoms with E-state index >= 15 is 0 Å². The van der Waals surface area contributed by atoms with E-state index in [1.807, 2.05) is 0 Å². The van der Waals surface area contributed by atoms with Gasteiger partial charge >= 0.3 is 12.0 Å². The first-order valence-electron chi connectivity index (χ1n) is 6.20. The number of methoxy groups -OCH3 is 1. The summed E-state index contributed by atoms with van der Waals surface area (Å²) in [6.07, 6.45) is 0. The summed E-state index contributed by atoms with van der Waals surface area (Å²) in [6.45, 7) is 2.11. The molecule has 1 aromatic rings. The lowest BCUT2D eigenvalue weighted by Crippen LogP contribution is -2.38. The maximum absolute atomic E-state index is 11.6. The molecule has 0 spiro atoms. The van der Waals surface area contributed by atoms with E-state index in [0.29, 0.717) is 12.2 Å². The Morgan fingerprint density at radius 2 is 1.95 bits per heavy atom. The van der Waals surface area contributed by atoms with Crippen molar-refractivity contribution in [3.05, 3.63) is 23.8 Å². The molecule has 0 fully saturated rings. The normalized spacial score (nSPS) is 9.62. The molecule has 4 N–H and O–H groups in total. The van der Waals surface area contributed by atoms with Gasteiger partial charge in [-0.05, 0) is 19.1 Å². The number of aromatic carboxylic acids is 1. The number of rotatable bonds is 6. The van der Waals surface area contributed by atoms with Crippen molar-refractivity contribution in [2.75, 3.05) is 25.5 Å². The number of ether oxygens (including phenoxy) is 1. The molecule has 114 valence electrons. The lowest BCUT2D eigenvalue weighted by molar-refractivity contribution is -0.119. The molecule has 0 bridgehead atoms. The first-order valence-corrected chi connectivity index (χ1v) is 6.20. The van der Waals surface area contributed by atoms with Crippen molar-refractivity contribution >= 4 is 23.6 Å². The summed E-state index contributed by atoms with van der Waals surface area (Å²) in [5, 5.41) is 16.3. The number of nitrogens with one attached hydrogen (secondary N) is 3. The third-order valence-corrected chi connectivity index (χ3v) is 2.47. The molecular weight excluding hydrogens is 278 g/mol. The second-order valence-electron chi connectivity index (χ2n) is 3.98. The van der Waals surface area contributed by atoms with Crippen LogP contribution >= 0.6 is 0 Å². The van der Waals surface area contributed by atoms with Gasteiger partial charge in [-0.15, -0.1) is 0 Å². The number of benzene rings is 1. The van der Waals surface area contributed by atoms with Crippen LogP contribution in [0.1, 0.15) is 17.3 Å². The number of carboxylic acid groups (broad SMARTS) is 1. The summed E-state index contributed by atoms with van der Waals surface area (Å²) >= 11 is 0. The number of hydrogen-bond acceptors (Lipinski definition) is 4. The van der Waals surface area contributed by atoms with Crippen molar-refractivity contribution < 1.29 is 24.2 Å². The van der Waals surface area contributed by atoms with Gasteiger partial charge in [-0.2, -0.15) is 0 Å². The van der Waals surface area contributed by atoms with Crippen LogP contribution in [0, 0.1) is 0 Å². The van der Waals surface area contributed by atoms with Gasteiger partial charge in [0, 0.05) is 18.3 Å². The number of hydrogen-bond donors (Lipinski definition) is 4. The molecular formula is C13H17N3O5. The van der Waals surface area contributed by atoms with E-state index < -0.39 is 12.0 Å². The smallest absolute Gasteiger partial charge is 0.339 e. The van der Waals surface area contributed by atoms with E-state index in [9.17, 15) is 14.4 Å². The molecule has 0 unspecified atom stereocenters. The molecule has 0 atom stereocenters. The fourth-order valence-electron chi connectivity index (χ4n) is 1.54. The molecule has 0 aromatic heterocycles. The van der Waals surface area contributed by atoms with Crippen molar-refractivity contribution in [2.45, 2.75) is 6.92 Å². The highest BCUT2D eigenvalue weighted by molar-refractivity contribution is 5.95. The minimum atomic E-state index is -1.13. The van der Waals surface area contributed by atoms with Crippen LogP contribution in [0.4, 0.5) is 10.5 Å². The average Bonchev–Trinajstić information content (AvgIpc) is 2.45. The zero-order valence-electron chi connectivity index (χ0n) is 11.7. The molecule has 0 heterocycles. The molecule has 1 aromatic carbocycles. The zero-order valence-corrected chi connectivity index (χ0v) is 11.7. The van der Waals surface area contributed by atoms with Gasteiger partial charge in [-0.25, -0.2) is 9.59 Å². The highest BCUT2D eigenvalue weighted by atomic mass is 16.5. The van der Waals surface area contributed by atoms with Crippen molar-refractivity contribution in [1.29, 1.82) is 0 Å². The van der Waals surface area contributed by atoms with Gasteiger partial charge in [0.05, 0.1) is 13.7 Å². The zero-order chi connectivity index (χ0) is 15.8. The Hall–Kier alpha value is -2.77. The molecule has 0 aliphatic heterocycles. The maximum atomic E-state index is 11.6. The molecule has 0 aliphatic rings. The number of urea groups is 1. The van der Waals surface area contributed by atoms with Gasteiger partial charge in [0.15, 0.2) is 0 Å². The Morgan fingerprint density at radius 1 is 1.24 bits per heavy atom. The van der Waals surface area contributed by atoms with Crippen LogP contribution in [0.2, 0.25) is 0 Å². The predicted octanol–water partition coefficient (Wildman–Crippen LogP) is 0.651. The minimum absolute atomic E-state index is 0.00854. The standard InChI is InChI=1S/C13H17N3O5/c1-3-14-11(17)7-15-13(20)16-8-4-5-9(12(18)19)10(6-8)21-2/h4-6H,3,7H2,1-2H3,(H,14,17)(H,18,19)(H2,15,16,20). The Kier molecular flexibility index (Phi) is 5.99. The molecule has 21 heavy (non-hydrogen) atoms. The first kappa shape index (κ1) is 16.3. The van der Waals surface area contributed by atoms with Crippen molar-refractivity contribution in [3.8, 4) is 5.75 Å². The van der Waals surface area contributed by atoms with Gasteiger partial charge in [0.25, 0.3) is 0 Å². The van der Waals surface area contributed by atoms with Crippen LogP contribution < -0.4 is 20.7 Å². The number of carbonyl (C=O) groups excluding carboxylic acids is 2. The number of carbonyl (C=O) groups is 3. The fraction of sp³-hybridized carbons (Fsp3) is 0.308. The molecule has 8 nitrogen and oxygen atoms in total. The Bertz CT molecular complexity index is 545. The van der Waals surface area contributed by atoms with Gasteiger partial charge in [-0.1, -0.05) is 0 Å². The van der Waals surface area contributed by atoms with Crippen molar-refractivity contribution in [1.82, 2.24) is 10.6 Å². The second-order valence-corrected chi connectivity index (χ2v) is 3.98. The van der Waals surface area contributed by atoms with E-state index in [1.165, 1.54) is 25.3 Å². The van der Waals surface area contributed by atoms with Gasteiger partial charge < -0.3 is 25.8 Å². The van der Waals surface area contributed by atoms with Crippen LogP contribution in [0.3, 0.4) is 0 Å². The Balaban J connectivity index is 2.64. The Morgan fingerprint density at radius 3 is 2.52 bits per heavy atom. The van der Waals surface area contributed by atoms with Gasteiger partial charge in [-0.3, -0.25) is 4.79 Å². The van der Waals surface area contributed by atoms with E-state index in [2.05, 4.69) is 16.0 Å². The molecule has 0 radical (unpaired) electrons. The van der Waals surface area contributed by atoms with Crippen LogP contribution in [-0.2, 0) is 4.79 Å². The third-order valence-electron chi connectivity index (χ3n) is 2.47. The largest absolute Gasteiger partial charge is 0.496 e.